The molecule has 2 aliphatic rings. The van der Waals surface area contributed by atoms with E-state index < -0.39 is 0 Å². The Morgan fingerprint density at radius 1 is 0.397 bits per heavy atom. The lowest BCUT2D eigenvalue weighted by Crippen LogP contribution is -2.07. The summed E-state index contributed by atoms with van der Waals surface area (Å²) >= 11 is 0. The van der Waals surface area contributed by atoms with Gasteiger partial charge in [0.15, 0.2) is 0 Å². The molecule has 364 valence electrons. The van der Waals surface area contributed by atoms with Crippen LogP contribution in [0.1, 0.15) is 75.1 Å². The average Bonchev–Trinajstić information content (AvgIpc) is 3.41. The molecular formula is C66H65N7. The van der Waals surface area contributed by atoms with Gasteiger partial charge in [0.25, 0.3) is 0 Å². The third kappa shape index (κ3) is 14.3. The van der Waals surface area contributed by atoms with Crippen LogP contribution in [-0.2, 0) is 6.42 Å². The van der Waals surface area contributed by atoms with Gasteiger partial charge in [-0.05, 0) is 211 Å². The first-order chi connectivity index (χ1) is 35.5. The van der Waals surface area contributed by atoms with Crippen molar-refractivity contribution in [2.75, 3.05) is 0 Å². The standard InChI is InChI=1S/C20H16.C18H16.3C6H7N.2C5H6N2/c1-13-6-5-9-18-16(13)10-11-19-17-8-4-3-7-15(17)14(2)12-20(18)19;1-11-9-13-5-4-8-16-12(2)10-14-6-3-7-15(11)17(14)18(13)16;1-6-2-4-7-5-3-6;1-6-3-2-4-7-5-6;1-6-4-2-3-5-7-6;1-5-2-3-6-4-7-5;1-5-6-3-2-4-7-5/h3-12H,1-2H3;3-7,9H,8,10H2,1-2H3;3*2-5H,1H3;2*2-4H,1H3. The number of benzene rings is 6. The Morgan fingerprint density at radius 3 is 1.62 bits per heavy atom. The molecule has 7 heteroatoms. The third-order valence-corrected chi connectivity index (χ3v) is 12.6. The van der Waals surface area contributed by atoms with Gasteiger partial charge in [0, 0.05) is 61.0 Å². The molecule has 0 bridgehead atoms. The molecule has 5 heterocycles. The van der Waals surface area contributed by atoms with E-state index in [-0.39, 0.29) is 0 Å². The highest BCUT2D eigenvalue weighted by atomic mass is 14.8. The molecule has 0 atom stereocenters. The lowest BCUT2D eigenvalue weighted by atomic mass is 9.77. The van der Waals surface area contributed by atoms with Crippen molar-refractivity contribution in [2.24, 2.45) is 0 Å². The Hall–Kier alpha value is -8.55. The molecule has 2 aliphatic carbocycles. The molecule has 0 saturated carbocycles. The van der Waals surface area contributed by atoms with Crippen LogP contribution in [0.2, 0.25) is 0 Å². The summed E-state index contributed by atoms with van der Waals surface area (Å²) in [6, 6.07) is 48.6. The maximum atomic E-state index is 3.98. The second-order valence-corrected chi connectivity index (χ2v) is 18.3. The van der Waals surface area contributed by atoms with Crippen LogP contribution < -0.4 is 0 Å². The minimum absolute atomic E-state index is 0.822. The van der Waals surface area contributed by atoms with Crippen LogP contribution in [0.3, 0.4) is 0 Å². The quantitative estimate of drug-likeness (QED) is 0.140. The fraction of sp³-hybridized carbons (Fsp3) is 0.167. The fourth-order valence-electron chi connectivity index (χ4n) is 8.88. The Labute approximate surface area is 431 Å². The van der Waals surface area contributed by atoms with Gasteiger partial charge in [-0.25, -0.2) is 19.9 Å². The molecule has 11 aromatic rings. The van der Waals surface area contributed by atoms with Gasteiger partial charge in [-0.15, -0.1) is 0 Å². The molecule has 73 heavy (non-hydrogen) atoms. The lowest BCUT2D eigenvalue weighted by Gasteiger charge is -2.27. The third-order valence-electron chi connectivity index (χ3n) is 12.6. The molecule has 7 nitrogen and oxygen atoms in total. The zero-order valence-electron chi connectivity index (χ0n) is 43.7. The van der Waals surface area contributed by atoms with Crippen molar-refractivity contribution >= 4 is 54.7 Å². The number of hydrogen-bond acceptors (Lipinski definition) is 7. The maximum Gasteiger partial charge on any atom is 0.125 e. The number of rotatable bonds is 0. The molecule has 0 amide bonds. The van der Waals surface area contributed by atoms with Crippen LogP contribution >= 0.6 is 0 Å². The SMILES string of the molecule is CC1=C2CC=Cc3cc(C)c4cccc(c4c32)C1.Cc1cc2c3cccc(C)c3ccc2c2ccccc12.Cc1ccccn1.Cc1cccnc1.Cc1ccncc1.Cc1ccncn1.Cc1ncccn1. The zero-order chi connectivity index (χ0) is 51.5. The predicted octanol–water partition coefficient (Wildman–Crippen LogP) is 16.4. The Balaban J connectivity index is 0.000000133. The minimum atomic E-state index is 0.822. The molecule has 13 rings (SSSR count). The van der Waals surface area contributed by atoms with E-state index in [9.17, 15) is 0 Å². The summed E-state index contributed by atoms with van der Waals surface area (Å²) in [5.74, 6) is 0.822. The fourth-order valence-corrected chi connectivity index (χ4v) is 8.88. The first-order valence-electron chi connectivity index (χ1n) is 24.8. The molecule has 0 saturated heterocycles. The molecule has 6 aromatic carbocycles. The maximum absolute atomic E-state index is 3.98. The summed E-state index contributed by atoms with van der Waals surface area (Å²) in [7, 11) is 0. The summed E-state index contributed by atoms with van der Waals surface area (Å²) in [5, 5.41) is 11.1. The highest BCUT2D eigenvalue weighted by Crippen LogP contribution is 2.43. The molecule has 0 N–H and O–H groups in total. The lowest BCUT2D eigenvalue weighted by molar-refractivity contribution is 1.05. The van der Waals surface area contributed by atoms with Crippen molar-refractivity contribution in [3.8, 4) is 0 Å². The minimum Gasteiger partial charge on any atom is -0.265 e. The van der Waals surface area contributed by atoms with Gasteiger partial charge in [-0.3, -0.25) is 15.0 Å². The van der Waals surface area contributed by atoms with E-state index in [4.69, 9.17) is 0 Å². The summed E-state index contributed by atoms with van der Waals surface area (Å²) in [6.45, 7) is 18.7. The van der Waals surface area contributed by atoms with E-state index in [0.29, 0.717) is 0 Å². The summed E-state index contributed by atoms with van der Waals surface area (Å²) in [4.78, 5) is 27.0. The molecule has 0 unspecified atom stereocenters. The smallest absolute Gasteiger partial charge is 0.125 e. The molecule has 0 fully saturated rings. The first-order valence-corrected chi connectivity index (χ1v) is 24.8. The highest BCUT2D eigenvalue weighted by molar-refractivity contribution is 6.18. The van der Waals surface area contributed by atoms with Gasteiger partial charge in [-0.2, -0.15) is 0 Å². The van der Waals surface area contributed by atoms with Crippen molar-refractivity contribution in [1.29, 1.82) is 0 Å². The van der Waals surface area contributed by atoms with Crippen molar-refractivity contribution in [3.63, 3.8) is 0 Å². The van der Waals surface area contributed by atoms with Crippen LogP contribution in [-0.4, -0.2) is 34.9 Å². The van der Waals surface area contributed by atoms with Crippen LogP contribution in [0.15, 0.2) is 207 Å². The summed E-state index contributed by atoms with van der Waals surface area (Å²) in [5.41, 5.74) is 16.2. The van der Waals surface area contributed by atoms with Crippen molar-refractivity contribution in [1.82, 2.24) is 34.9 Å². The second-order valence-electron chi connectivity index (χ2n) is 18.3. The van der Waals surface area contributed by atoms with E-state index in [1.54, 1.807) is 60.6 Å². The summed E-state index contributed by atoms with van der Waals surface area (Å²) in [6.07, 6.45) is 22.5. The van der Waals surface area contributed by atoms with E-state index in [2.05, 4.69) is 160 Å². The van der Waals surface area contributed by atoms with Gasteiger partial charge in [0.2, 0.25) is 0 Å². The zero-order valence-corrected chi connectivity index (χ0v) is 43.7. The first kappa shape index (κ1) is 52.3. The van der Waals surface area contributed by atoms with E-state index in [1.807, 2.05) is 89.3 Å². The van der Waals surface area contributed by atoms with E-state index in [0.717, 1.165) is 30.1 Å². The number of allylic oxidation sites excluding steroid dienone is 3. The molecule has 0 spiro atoms. The van der Waals surface area contributed by atoms with Gasteiger partial charge in [0.1, 0.15) is 12.2 Å². The summed E-state index contributed by atoms with van der Waals surface area (Å²) < 4.78 is 0. The topological polar surface area (TPSA) is 90.2 Å². The van der Waals surface area contributed by atoms with Crippen LogP contribution in [0, 0.1) is 55.4 Å². The van der Waals surface area contributed by atoms with Gasteiger partial charge >= 0.3 is 0 Å². The highest BCUT2D eigenvalue weighted by Gasteiger charge is 2.23. The monoisotopic (exact) mass is 956 g/mol. The molecular weight excluding hydrogens is 891 g/mol. The van der Waals surface area contributed by atoms with Crippen LogP contribution in [0.4, 0.5) is 0 Å². The number of fused-ring (bicyclic) bond motifs is 5. The molecule has 5 aromatic heterocycles. The number of aromatic nitrogens is 7. The normalized spacial score (nSPS) is 11.4. The number of hydrogen-bond donors (Lipinski definition) is 0. The van der Waals surface area contributed by atoms with Crippen molar-refractivity contribution < 1.29 is 0 Å². The predicted molar refractivity (Wildman–Crippen MR) is 308 cm³/mol. The number of nitrogens with zero attached hydrogens (tertiary/aromatic N) is 7. The number of aryl methyl sites for hydroxylation is 8. The Kier molecular flexibility index (Phi) is 18.7. The van der Waals surface area contributed by atoms with Crippen LogP contribution in [0.25, 0.3) is 54.7 Å². The van der Waals surface area contributed by atoms with E-state index in [1.165, 1.54) is 93.9 Å². The Morgan fingerprint density at radius 2 is 1.03 bits per heavy atom. The molecule has 0 radical (unpaired) electrons. The van der Waals surface area contributed by atoms with Gasteiger partial charge < -0.3 is 0 Å². The van der Waals surface area contributed by atoms with Crippen molar-refractivity contribution in [3.05, 3.63) is 269 Å². The van der Waals surface area contributed by atoms with Gasteiger partial charge in [-0.1, -0.05) is 115 Å². The van der Waals surface area contributed by atoms with Gasteiger partial charge in [0.05, 0.1) is 0 Å². The second kappa shape index (κ2) is 26.1. The number of pyridine rings is 3. The van der Waals surface area contributed by atoms with Crippen LogP contribution in [0.5, 0.6) is 0 Å². The average molecular weight is 956 g/mol. The molecule has 0 aliphatic heterocycles. The van der Waals surface area contributed by atoms with E-state index >= 15 is 0 Å². The van der Waals surface area contributed by atoms with Crippen molar-refractivity contribution in [2.45, 2.75) is 75.2 Å². The Bertz CT molecular complexity index is 3360. The largest absolute Gasteiger partial charge is 0.265 e.